The largest absolute Gasteiger partial charge is 1.00 e. The topological polar surface area (TPSA) is 17.6 Å². The number of hydrogen-bond donors (Lipinski definition) is 0. The Hall–Kier alpha value is -2.30. The number of rotatable bonds is 6. The molecule has 184 valence electrons. The van der Waals surface area contributed by atoms with Crippen LogP contribution >= 0.6 is 0 Å². The van der Waals surface area contributed by atoms with Crippen LogP contribution in [0.3, 0.4) is 0 Å². The summed E-state index contributed by atoms with van der Waals surface area (Å²) in [5, 5.41) is 0. The number of nitrogens with zero attached hydrogens (tertiary/aromatic N) is 4. The van der Waals surface area contributed by atoms with Crippen molar-refractivity contribution in [3.63, 3.8) is 0 Å². The van der Waals surface area contributed by atoms with Crippen LogP contribution in [0.25, 0.3) is 22.4 Å². The van der Waals surface area contributed by atoms with Gasteiger partial charge in [0.25, 0.3) is 0 Å². The number of imidazole rings is 2. The van der Waals surface area contributed by atoms with Crippen molar-refractivity contribution in [3.8, 4) is 11.4 Å². The van der Waals surface area contributed by atoms with E-state index in [1.165, 1.54) is 22.4 Å². The molecule has 2 aromatic carbocycles. The van der Waals surface area contributed by atoms with Crippen LogP contribution in [0.5, 0.6) is 0 Å². The van der Waals surface area contributed by atoms with Crippen molar-refractivity contribution in [2.75, 3.05) is 0 Å². The van der Waals surface area contributed by atoms with Gasteiger partial charge in [0.15, 0.2) is 11.0 Å². The van der Waals surface area contributed by atoms with Crippen LogP contribution in [-0.2, 0) is 13.1 Å². The van der Waals surface area contributed by atoms with Crippen LogP contribution in [0.1, 0.15) is 54.4 Å². The standard InChI is InChI=1S/C28H38N4.2ClH/c1-27(2,3)14-16-29-18-19-30(21-29)23-10-9-11-24(20-23)32-22-31(17-15-28(4,5)6)25-12-7-8-13-26(25)32;;/h7-13,18-22H,14-17H2,1-6H3;2*1H/q+2;;/p-2. The minimum Gasteiger partial charge on any atom is -1.00 e. The van der Waals surface area contributed by atoms with Crippen LogP contribution in [0.2, 0.25) is 0 Å². The average Bonchev–Trinajstić information content (AvgIpc) is 3.35. The number of benzene rings is 2. The van der Waals surface area contributed by atoms with E-state index in [2.05, 4.69) is 133 Å². The van der Waals surface area contributed by atoms with Crippen molar-refractivity contribution in [2.45, 2.75) is 67.5 Å². The van der Waals surface area contributed by atoms with Crippen LogP contribution in [0, 0.1) is 10.8 Å². The van der Waals surface area contributed by atoms with Crippen molar-refractivity contribution >= 4 is 11.0 Å². The minimum absolute atomic E-state index is 0. The normalized spacial score (nSPS) is 11.8. The van der Waals surface area contributed by atoms with E-state index in [9.17, 15) is 0 Å². The van der Waals surface area contributed by atoms with Crippen molar-refractivity contribution in [1.29, 1.82) is 0 Å². The lowest BCUT2D eigenvalue weighted by Gasteiger charge is -2.16. The average molecular weight is 502 g/mol. The number of halogens is 2. The molecule has 0 spiro atoms. The van der Waals surface area contributed by atoms with Crippen LogP contribution in [0.15, 0.2) is 73.6 Å². The molecule has 34 heavy (non-hydrogen) atoms. The Balaban J connectivity index is 0.00000204. The van der Waals surface area contributed by atoms with Gasteiger partial charge < -0.3 is 24.8 Å². The van der Waals surface area contributed by atoms with Crippen molar-refractivity contribution in [3.05, 3.63) is 73.6 Å². The van der Waals surface area contributed by atoms with Gasteiger partial charge in [-0.05, 0) is 47.9 Å². The van der Waals surface area contributed by atoms with Gasteiger partial charge >= 0.3 is 0 Å². The molecule has 4 rings (SSSR count). The van der Waals surface area contributed by atoms with Gasteiger partial charge in [0.2, 0.25) is 12.7 Å². The predicted molar refractivity (Wildman–Crippen MR) is 131 cm³/mol. The Morgan fingerprint density at radius 1 is 0.735 bits per heavy atom. The second-order valence-corrected chi connectivity index (χ2v) is 11.4. The minimum atomic E-state index is 0. The molecular formula is C28H38Cl2N4. The molecule has 0 radical (unpaired) electrons. The van der Waals surface area contributed by atoms with E-state index in [1.807, 2.05) is 0 Å². The van der Waals surface area contributed by atoms with Crippen LogP contribution < -0.4 is 33.9 Å². The van der Waals surface area contributed by atoms with Crippen LogP contribution in [0.4, 0.5) is 0 Å². The Morgan fingerprint density at radius 3 is 2.09 bits per heavy atom. The Labute approximate surface area is 217 Å². The molecule has 0 bridgehead atoms. The molecule has 4 nitrogen and oxygen atoms in total. The van der Waals surface area contributed by atoms with Gasteiger partial charge in [0.05, 0.1) is 13.1 Å². The maximum atomic E-state index is 2.39. The number of aromatic nitrogens is 4. The first-order valence-electron chi connectivity index (χ1n) is 11.8. The summed E-state index contributed by atoms with van der Waals surface area (Å²) < 4.78 is 9.21. The molecule has 2 aromatic heterocycles. The Kier molecular flexibility index (Phi) is 9.01. The molecule has 0 aliphatic heterocycles. The predicted octanol–water partition coefficient (Wildman–Crippen LogP) is -0.123. The summed E-state index contributed by atoms with van der Waals surface area (Å²) in [4.78, 5) is 0. The van der Waals surface area contributed by atoms with Gasteiger partial charge in [-0.25, -0.2) is 13.7 Å². The molecule has 0 N–H and O–H groups in total. The van der Waals surface area contributed by atoms with E-state index >= 15 is 0 Å². The number of hydrogen-bond acceptors (Lipinski definition) is 0. The summed E-state index contributed by atoms with van der Waals surface area (Å²) >= 11 is 0. The number of aryl methyl sites for hydroxylation is 2. The summed E-state index contributed by atoms with van der Waals surface area (Å²) in [5.74, 6) is 0. The van der Waals surface area contributed by atoms with Gasteiger partial charge in [-0.15, -0.1) is 0 Å². The summed E-state index contributed by atoms with van der Waals surface area (Å²) in [5.41, 5.74) is 5.54. The highest BCUT2D eigenvalue weighted by Gasteiger charge is 2.20. The molecule has 0 atom stereocenters. The fraction of sp³-hybridized carbons (Fsp3) is 0.429. The van der Waals surface area contributed by atoms with E-state index in [-0.39, 0.29) is 24.8 Å². The Bertz CT molecular complexity index is 1210. The van der Waals surface area contributed by atoms with Gasteiger partial charge in [-0.2, -0.15) is 4.57 Å². The molecular weight excluding hydrogens is 463 g/mol. The zero-order valence-electron chi connectivity index (χ0n) is 21.3. The van der Waals surface area contributed by atoms with E-state index in [1.54, 1.807) is 0 Å². The fourth-order valence-corrected chi connectivity index (χ4v) is 3.96. The number of para-hydroxylation sites is 2. The highest BCUT2D eigenvalue weighted by molar-refractivity contribution is 5.74. The van der Waals surface area contributed by atoms with E-state index in [0.717, 1.165) is 25.9 Å². The molecule has 0 aliphatic rings. The zero-order chi connectivity index (χ0) is 22.9. The van der Waals surface area contributed by atoms with Crippen molar-refractivity contribution in [2.24, 2.45) is 10.8 Å². The molecule has 0 amide bonds. The highest BCUT2D eigenvalue weighted by Crippen LogP contribution is 2.22. The molecule has 0 unspecified atom stereocenters. The summed E-state index contributed by atoms with van der Waals surface area (Å²) in [7, 11) is 0. The summed E-state index contributed by atoms with van der Waals surface area (Å²) in [6.45, 7) is 15.9. The Morgan fingerprint density at radius 2 is 1.38 bits per heavy atom. The lowest BCUT2D eigenvalue weighted by Crippen LogP contribution is -3.00. The quantitative estimate of drug-likeness (QED) is 0.328. The van der Waals surface area contributed by atoms with E-state index < -0.39 is 0 Å². The second-order valence-electron chi connectivity index (χ2n) is 11.4. The highest BCUT2D eigenvalue weighted by atomic mass is 35.5. The second kappa shape index (κ2) is 11.0. The molecule has 6 heteroatoms. The third kappa shape index (κ3) is 6.86. The maximum Gasteiger partial charge on any atom is 0.249 e. The van der Waals surface area contributed by atoms with Gasteiger partial charge in [0.1, 0.15) is 23.8 Å². The number of fused-ring (bicyclic) bond motifs is 1. The third-order valence-electron chi connectivity index (χ3n) is 6.03. The first kappa shape index (κ1) is 27.9. The van der Waals surface area contributed by atoms with Gasteiger partial charge in [-0.3, -0.25) is 0 Å². The molecule has 0 saturated heterocycles. The lowest BCUT2D eigenvalue weighted by atomic mass is 9.92. The first-order chi connectivity index (χ1) is 15.1. The lowest BCUT2D eigenvalue weighted by molar-refractivity contribution is -0.698. The molecule has 0 saturated carbocycles. The van der Waals surface area contributed by atoms with Crippen LogP contribution in [-0.4, -0.2) is 9.13 Å². The summed E-state index contributed by atoms with van der Waals surface area (Å²) in [6, 6.07) is 17.5. The third-order valence-corrected chi connectivity index (χ3v) is 6.03. The molecule has 0 fully saturated rings. The van der Waals surface area contributed by atoms with E-state index in [0.29, 0.717) is 10.8 Å². The van der Waals surface area contributed by atoms with Crippen molar-refractivity contribution in [1.82, 2.24) is 9.13 Å². The zero-order valence-corrected chi connectivity index (χ0v) is 22.8. The maximum absolute atomic E-state index is 2.39. The molecule has 0 aliphatic carbocycles. The molecule has 2 heterocycles. The first-order valence-corrected chi connectivity index (χ1v) is 11.8. The van der Waals surface area contributed by atoms with Gasteiger partial charge in [0, 0.05) is 6.07 Å². The molecule has 4 aromatic rings. The fourth-order valence-electron chi connectivity index (χ4n) is 3.96. The van der Waals surface area contributed by atoms with Gasteiger partial charge in [-0.1, -0.05) is 59.7 Å². The summed E-state index contributed by atoms with van der Waals surface area (Å²) in [6.07, 6.45) is 11.1. The van der Waals surface area contributed by atoms with Crippen molar-refractivity contribution < 1.29 is 33.9 Å². The smallest absolute Gasteiger partial charge is 0.249 e. The monoisotopic (exact) mass is 500 g/mol. The SMILES string of the molecule is CC(C)(C)CC[n+]1ccn(-c2cccc(-n3c[n+](CCC(C)(C)C)c4ccccc43)c2)c1.[Cl-].[Cl-]. The van der Waals surface area contributed by atoms with E-state index in [4.69, 9.17) is 0 Å².